The molecule has 26 heavy (non-hydrogen) atoms. The summed E-state index contributed by atoms with van der Waals surface area (Å²) in [6.07, 6.45) is 1.28. The minimum Gasteiger partial charge on any atom is -0.506 e. The molecule has 2 N–H and O–H groups in total. The molecular weight excluding hydrogens is 428 g/mol. The van der Waals surface area contributed by atoms with Crippen molar-refractivity contribution in [1.82, 2.24) is 5.43 Å². The van der Waals surface area contributed by atoms with Crippen LogP contribution in [0.5, 0.6) is 23.0 Å². The lowest BCUT2D eigenvalue weighted by Gasteiger charge is -2.13. The molecule has 0 aliphatic carbocycles. The van der Waals surface area contributed by atoms with Crippen molar-refractivity contribution < 1.29 is 24.1 Å². The standard InChI is InChI=1S/C17H16BrClN2O5/c1-24-13-5-9(6-14(25-2)16(13)26-3)17(23)21-20-8-10-4-11(18)7-12(19)15(10)22/h4-8,22H,1-3H3,(H,21,23). The second-order valence-electron chi connectivity index (χ2n) is 4.94. The summed E-state index contributed by atoms with van der Waals surface area (Å²) < 4.78 is 16.3. The molecule has 2 aromatic rings. The van der Waals surface area contributed by atoms with Gasteiger partial charge >= 0.3 is 0 Å². The molecule has 0 aliphatic rings. The first kappa shape index (κ1) is 19.9. The van der Waals surface area contributed by atoms with Crippen molar-refractivity contribution in [2.75, 3.05) is 21.3 Å². The lowest BCUT2D eigenvalue weighted by Crippen LogP contribution is -2.18. The maximum Gasteiger partial charge on any atom is 0.271 e. The predicted molar refractivity (Wildman–Crippen MR) is 102 cm³/mol. The van der Waals surface area contributed by atoms with E-state index in [4.69, 9.17) is 25.8 Å². The van der Waals surface area contributed by atoms with Crippen molar-refractivity contribution in [1.29, 1.82) is 0 Å². The first-order chi connectivity index (χ1) is 12.4. The van der Waals surface area contributed by atoms with Gasteiger partial charge in [0.2, 0.25) is 5.75 Å². The van der Waals surface area contributed by atoms with Crippen LogP contribution in [0, 0.1) is 0 Å². The molecule has 2 rings (SSSR count). The van der Waals surface area contributed by atoms with Gasteiger partial charge in [0.05, 0.1) is 32.6 Å². The third-order valence-electron chi connectivity index (χ3n) is 3.35. The smallest absolute Gasteiger partial charge is 0.271 e. The van der Waals surface area contributed by atoms with Crippen LogP contribution >= 0.6 is 27.5 Å². The van der Waals surface area contributed by atoms with Crippen molar-refractivity contribution in [3.05, 3.63) is 44.9 Å². The molecule has 0 saturated heterocycles. The third-order valence-corrected chi connectivity index (χ3v) is 4.10. The highest BCUT2D eigenvalue weighted by molar-refractivity contribution is 9.10. The van der Waals surface area contributed by atoms with Crippen molar-refractivity contribution in [2.45, 2.75) is 0 Å². The number of hydrogen-bond acceptors (Lipinski definition) is 6. The molecular formula is C17H16BrClN2O5. The Kier molecular flexibility index (Phi) is 6.70. The van der Waals surface area contributed by atoms with Crippen LogP contribution in [0.3, 0.4) is 0 Å². The van der Waals surface area contributed by atoms with E-state index in [2.05, 4.69) is 26.5 Å². The zero-order chi connectivity index (χ0) is 19.3. The molecule has 2 aromatic carbocycles. The summed E-state index contributed by atoms with van der Waals surface area (Å²) in [7, 11) is 4.38. The van der Waals surface area contributed by atoms with Gasteiger partial charge in [-0.05, 0) is 24.3 Å². The molecule has 0 radical (unpaired) electrons. The van der Waals surface area contributed by atoms with Gasteiger partial charge in [-0.15, -0.1) is 0 Å². The van der Waals surface area contributed by atoms with Gasteiger partial charge in [0.25, 0.3) is 5.91 Å². The fraction of sp³-hybridized carbons (Fsp3) is 0.176. The summed E-state index contributed by atoms with van der Waals surface area (Å²) in [5.74, 6) is 0.431. The van der Waals surface area contributed by atoms with Crippen LogP contribution in [-0.4, -0.2) is 38.6 Å². The van der Waals surface area contributed by atoms with Crippen LogP contribution in [0.4, 0.5) is 0 Å². The fourth-order valence-electron chi connectivity index (χ4n) is 2.12. The highest BCUT2D eigenvalue weighted by atomic mass is 79.9. The summed E-state index contributed by atoms with van der Waals surface area (Å²) >= 11 is 9.15. The topological polar surface area (TPSA) is 89.4 Å². The maximum atomic E-state index is 12.3. The Labute approximate surface area is 163 Å². The van der Waals surface area contributed by atoms with Gasteiger partial charge < -0.3 is 19.3 Å². The first-order valence-electron chi connectivity index (χ1n) is 7.22. The van der Waals surface area contributed by atoms with Gasteiger partial charge in [0.1, 0.15) is 5.75 Å². The van der Waals surface area contributed by atoms with E-state index in [1.165, 1.54) is 39.7 Å². The Morgan fingerprint density at radius 2 is 1.77 bits per heavy atom. The lowest BCUT2D eigenvalue weighted by atomic mass is 10.1. The molecule has 0 bridgehead atoms. The quantitative estimate of drug-likeness (QED) is 0.526. The molecule has 0 atom stereocenters. The number of hydrazone groups is 1. The van der Waals surface area contributed by atoms with E-state index in [0.29, 0.717) is 27.3 Å². The van der Waals surface area contributed by atoms with Crippen LogP contribution < -0.4 is 19.6 Å². The van der Waals surface area contributed by atoms with E-state index in [9.17, 15) is 9.90 Å². The van der Waals surface area contributed by atoms with E-state index in [0.717, 1.165) is 0 Å². The van der Waals surface area contributed by atoms with Crippen molar-refractivity contribution in [2.24, 2.45) is 5.10 Å². The maximum absolute atomic E-state index is 12.3. The van der Waals surface area contributed by atoms with Crippen LogP contribution in [0.15, 0.2) is 33.8 Å². The highest BCUT2D eigenvalue weighted by Crippen LogP contribution is 2.38. The number of rotatable bonds is 6. The number of nitrogens with zero attached hydrogens (tertiary/aromatic N) is 1. The minimum atomic E-state index is -0.499. The first-order valence-corrected chi connectivity index (χ1v) is 8.39. The number of ether oxygens (including phenoxy) is 3. The van der Waals surface area contributed by atoms with Gasteiger partial charge in [0, 0.05) is 15.6 Å². The van der Waals surface area contributed by atoms with Crippen LogP contribution in [-0.2, 0) is 0 Å². The number of hydrogen-bond donors (Lipinski definition) is 2. The minimum absolute atomic E-state index is 0.138. The zero-order valence-corrected chi connectivity index (χ0v) is 16.5. The number of methoxy groups -OCH3 is 3. The zero-order valence-electron chi connectivity index (χ0n) is 14.2. The number of halogens is 2. The molecule has 138 valence electrons. The summed E-state index contributed by atoms with van der Waals surface area (Å²) in [4.78, 5) is 12.3. The van der Waals surface area contributed by atoms with E-state index in [1.54, 1.807) is 12.1 Å². The van der Waals surface area contributed by atoms with E-state index in [1.807, 2.05) is 0 Å². The molecule has 0 aliphatic heterocycles. The van der Waals surface area contributed by atoms with E-state index in [-0.39, 0.29) is 16.3 Å². The summed E-state index contributed by atoms with van der Waals surface area (Å²) in [5.41, 5.74) is 2.96. The van der Waals surface area contributed by atoms with Crippen molar-refractivity contribution in [3.63, 3.8) is 0 Å². The lowest BCUT2D eigenvalue weighted by molar-refractivity contribution is 0.0954. The Morgan fingerprint density at radius 1 is 1.15 bits per heavy atom. The number of aromatic hydroxyl groups is 1. The number of phenolic OH excluding ortho intramolecular Hbond substituents is 1. The number of carbonyl (C=O) groups excluding carboxylic acids is 1. The fourth-order valence-corrected chi connectivity index (χ4v) is 2.96. The molecule has 0 aromatic heterocycles. The number of phenols is 1. The molecule has 1 amide bonds. The largest absolute Gasteiger partial charge is 0.506 e. The number of benzene rings is 2. The van der Waals surface area contributed by atoms with Crippen LogP contribution in [0.2, 0.25) is 5.02 Å². The van der Waals surface area contributed by atoms with E-state index >= 15 is 0 Å². The second-order valence-corrected chi connectivity index (χ2v) is 6.26. The summed E-state index contributed by atoms with van der Waals surface area (Å²) in [5, 5.41) is 13.9. The van der Waals surface area contributed by atoms with Crippen LogP contribution in [0.25, 0.3) is 0 Å². The molecule has 0 spiro atoms. The molecule has 7 nitrogen and oxygen atoms in total. The number of carbonyl (C=O) groups is 1. The predicted octanol–water partition coefficient (Wildman–Crippen LogP) is 3.60. The van der Waals surface area contributed by atoms with Crippen LogP contribution in [0.1, 0.15) is 15.9 Å². The summed E-state index contributed by atoms with van der Waals surface area (Å²) in [6, 6.07) is 6.15. The average molecular weight is 444 g/mol. The van der Waals surface area contributed by atoms with Gasteiger partial charge in [-0.1, -0.05) is 27.5 Å². The van der Waals surface area contributed by atoms with E-state index < -0.39 is 5.91 Å². The molecule has 9 heteroatoms. The highest BCUT2D eigenvalue weighted by Gasteiger charge is 2.16. The van der Waals surface area contributed by atoms with Gasteiger partial charge in [-0.25, -0.2) is 5.43 Å². The monoisotopic (exact) mass is 442 g/mol. The SMILES string of the molecule is COc1cc(C(=O)NN=Cc2cc(Br)cc(Cl)c2O)cc(OC)c1OC. The van der Waals surface area contributed by atoms with Crippen molar-refractivity contribution >= 4 is 39.7 Å². The molecule has 0 saturated carbocycles. The Hall–Kier alpha value is -2.45. The third kappa shape index (κ3) is 4.39. The Morgan fingerprint density at radius 3 is 2.31 bits per heavy atom. The molecule has 0 unspecified atom stereocenters. The average Bonchev–Trinajstić information content (AvgIpc) is 2.63. The molecule has 0 heterocycles. The second kappa shape index (κ2) is 8.77. The van der Waals surface area contributed by atoms with Crippen molar-refractivity contribution in [3.8, 4) is 23.0 Å². The normalized spacial score (nSPS) is 10.7. The number of amides is 1. The summed E-state index contributed by atoms with van der Waals surface area (Å²) in [6.45, 7) is 0. The Bertz CT molecular complexity index is 832. The van der Waals surface area contributed by atoms with Gasteiger partial charge in [0.15, 0.2) is 11.5 Å². The molecule has 0 fully saturated rings. The number of nitrogens with one attached hydrogen (secondary N) is 1. The Balaban J connectivity index is 2.23. The van der Waals surface area contributed by atoms with Gasteiger partial charge in [-0.3, -0.25) is 4.79 Å². The van der Waals surface area contributed by atoms with Gasteiger partial charge in [-0.2, -0.15) is 5.10 Å².